The monoisotopic (exact) mass is 318 g/mol. The molecule has 1 aliphatic heterocycles. The predicted molar refractivity (Wildman–Crippen MR) is 68.1 cm³/mol. The second kappa shape index (κ2) is 5.41. The van der Waals surface area contributed by atoms with Crippen molar-refractivity contribution in [3.05, 3.63) is 24.0 Å². The maximum Gasteiger partial charge on any atom is 0.194 e. The molecule has 120 valence electrons. The summed E-state index contributed by atoms with van der Waals surface area (Å²) in [5, 5.41) is 18.7. The average molecular weight is 318 g/mol. The van der Waals surface area contributed by atoms with Crippen molar-refractivity contribution in [2.45, 2.75) is 24.6 Å². The molecule has 9 heteroatoms. The highest BCUT2D eigenvalue weighted by molar-refractivity contribution is 5.78. The van der Waals surface area contributed by atoms with E-state index in [2.05, 4.69) is 9.72 Å². The normalized spacial score (nSPS) is 28.5. The van der Waals surface area contributed by atoms with Gasteiger partial charge in [-0.2, -0.15) is 0 Å². The van der Waals surface area contributed by atoms with E-state index in [-0.39, 0.29) is 11.0 Å². The number of methoxy groups -OCH3 is 1. The molecule has 4 atom stereocenters. The summed E-state index contributed by atoms with van der Waals surface area (Å²) in [4.78, 5) is 3.81. The summed E-state index contributed by atoms with van der Waals surface area (Å²) in [5.74, 6) is -2.61. The van der Waals surface area contributed by atoms with Crippen LogP contribution in [-0.4, -0.2) is 51.9 Å². The molecule has 1 aliphatic rings. The van der Waals surface area contributed by atoms with Gasteiger partial charge in [-0.25, -0.2) is 18.2 Å². The van der Waals surface area contributed by atoms with E-state index in [0.717, 1.165) is 24.1 Å². The zero-order chi connectivity index (χ0) is 16.0. The van der Waals surface area contributed by atoms with Gasteiger partial charge in [0.25, 0.3) is 0 Å². The van der Waals surface area contributed by atoms with Gasteiger partial charge in [0, 0.05) is 6.07 Å². The second-order valence-corrected chi connectivity index (χ2v) is 4.91. The third-order valence-corrected chi connectivity index (χ3v) is 3.66. The zero-order valence-corrected chi connectivity index (χ0v) is 11.4. The van der Waals surface area contributed by atoms with Crippen LogP contribution < -0.4 is 4.74 Å². The molecule has 0 unspecified atom stereocenters. The Morgan fingerprint density at radius 1 is 1.45 bits per heavy atom. The summed E-state index contributed by atoms with van der Waals surface area (Å²) in [6, 6.07) is 0.954. The summed E-state index contributed by atoms with van der Waals surface area (Å²) in [7, 11) is 1.10. The Hall–Kier alpha value is -1.84. The van der Waals surface area contributed by atoms with Crippen molar-refractivity contribution in [1.29, 1.82) is 0 Å². The minimum absolute atomic E-state index is 0.0476. The van der Waals surface area contributed by atoms with Crippen LogP contribution in [0.15, 0.2) is 12.4 Å². The van der Waals surface area contributed by atoms with Crippen molar-refractivity contribution in [2.24, 2.45) is 0 Å². The van der Waals surface area contributed by atoms with Crippen molar-refractivity contribution in [2.75, 3.05) is 13.7 Å². The molecule has 0 saturated carbocycles. The van der Waals surface area contributed by atoms with Crippen molar-refractivity contribution in [1.82, 2.24) is 9.55 Å². The van der Waals surface area contributed by atoms with Crippen LogP contribution in [0, 0.1) is 11.6 Å². The van der Waals surface area contributed by atoms with Gasteiger partial charge in [-0.05, 0) is 0 Å². The summed E-state index contributed by atoms with van der Waals surface area (Å²) < 4.78 is 53.0. The van der Waals surface area contributed by atoms with Crippen LogP contribution in [0.1, 0.15) is 6.23 Å². The summed E-state index contributed by atoms with van der Waals surface area (Å²) >= 11 is 0. The Morgan fingerprint density at radius 2 is 2.18 bits per heavy atom. The number of hydrogen-bond acceptors (Lipinski definition) is 5. The van der Waals surface area contributed by atoms with Gasteiger partial charge in [-0.3, -0.25) is 4.57 Å². The van der Waals surface area contributed by atoms with Gasteiger partial charge < -0.3 is 19.7 Å². The van der Waals surface area contributed by atoms with Gasteiger partial charge in [-0.15, -0.1) is 0 Å². The summed E-state index contributed by atoms with van der Waals surface area (Å²) in [6.07, 6.45) is -4.90. The molecule has 0 aliphatic carbocycles. The third kappa shape index (κ3) is 2.04. The van der Waals surface area contributed by atoms with Crippen LogP contribution >= 0.6 is 0 Å². The number of fused-ring (bicyclic) bond motifs is 1. The van der Waals surface area contributed by atoms with Crippen LogP contribution in [-0.2, 0) is 4.74 Å². The first-order valence-electron chi connectivity index (χ1n) is 6.46. The minimum atomic E-state index is -1.90. The van der Waals surface area contributed by atoms with E-state index in [9.17, 15) is 18.3 Å². The Balaban J connectivity index is 2.13. The molecule has 2 N–H and O–H groups in total. The van der Waals surface area contributed by atoms with Gasteiger partial charge >= 0.3 is 0 Å². The number of aliphatic hydroxyl groups is 2. The molecule has 0 spiro atoms. The first-order chi connectivity index (χ1) is 10.5. The van der Waals surface area contributed by atoms with E-state index < -0.39 is 48.6 Å². The molecule has 2 heterocycles. The molecular formula is C13H13F3N2O4. The van der Waals surface area contributed by atoms with Crippen molar-refractivity contribution in [3.63, 3.8) is 0 Å². The molecular weight excluding hydrogens is 305 g/mol. The lowest BCUT2D eigenvalue weighted by Gasteiger charge is -2.16. The van der Waals surface area contributed by atoms with Gasteiger partial charge in [0.1, 0.15) is 17.7 Å². The fourth-order valence-corrected chi connectivity index (χ4v) is 2.56. The number of aliphatic hydroxyl groups excluding tert-OH is 2. The SMILES string of the molecule is COc1c(F)cc2ncn([C@@H]3O[C@H](CO)[C@@H](O)[C@@H]3F)c2c1F. The van der Waals surface area contributed by atoms with Crippen molar-refractivity contribution in [3.8, 4) is 5.75 Å². The van der Waals surface area contributed by atoms with Crippen LogP contribution in [0.3, 0.4) is 0 Å². The van der Waals surface area contributed by atoms with Gasteiger partial charge in [0.05, 0.1) is 25.6 Å². The molecule has 0 radical (unpaired) electrons. The number of alkyl halides is 1. The Labute approximate surface area is 122 Å². The van der Waals surface area contributed by atoms with Crippen LogP contribution in [0.25, 0.3) is 11.0 Å². The Bertz CT molecular complexity index is 708. The van der Waals surface area contributed by atoms with E-state index in [4.69, 9.17) is 9.84 Å². The number of nitrogens with zero attached hydrogens (tertiary/aromatic N) is 2. The van der Waals surface area contributed by atoms with Crippen molar-refractivity contribution < 1.29 is 32.9 Å². The molecule has 3 rings (SSSR count). The number of benzene rings is 1. The first-order valence-corrected chi connectivity index (χ1v) is 6.46. The topological polar surface area (TPSA) is 76.7 Å². The molecule has 0 bridgehead atoms. The average Bonchev–Trinajstić information content (AvgIpc) is 3.02. The largest absolute Gasteiger partial charge is 0.491 e. The third-order valence-electron chi connectivity index (χ3n) is 3.66. The number of rotatable bonds is 3. The lowest BCUT2D eigenvalue weighted by molar-refractivity contribution is -0.0459. The fraction of sp³-hybridized carbons (Fsp3) is 0.462. The van der Waals surface area contributed by atoms with E-state index in [0.29, 0.717) is 0 Å². The maximum absolute atomic E-state index is 14.4. The highest BCUT2D eigenvalue weighted by Gasteiger charge is 2.45. The summed E-state index contributed by atoms with van der Waals surface area (Å²) in [6.45, 7) is -0.592. The van der Waals surface area contributed by atoms with Gasteiger partial charge in [0.2, 0.25) is 0 Å². The Morgan fingerprint density at radius 3 is 2.77 bits per heavy atom. The van der Waals surface area contributed by atoms with E-state index in [1.807, 2.05) is 0 Å². The first kappa shape index (κ1) is 15.1. The lowest BCUT2D eigenvalue weighted by atomic mass is 10.1. The van der Waals surface area contributed by atoms with E-state index in [1.165, 1.54) is 0 Å². The molecule has 6 nitrogen and oxygen atoms in total. The molecule has 22 heavy (non-hydrogen) atoms. The molecule has 1 saturated heterocycles. The summed E-state index contributed by atoms with van der Waals surface area (Å²) in [5.41, 5.74) is -0.259. The molecule has 1 aromatic carbocycles. The number of aromatic nitrogens is 2. The fourth-order valence-electron chi connectivity index (χ4n) is 2.56. The maximum atomic E-state index is 14.4. The number of imidazole rings is 1. The van der Waals surface area contributed by atoms with Crippen LogP contribution in [0.2, 0.25) is 0 Å². The van der Waals surface area contributed by atoms with Gasteiger partial charge in [-0.1, -0.05) is 0 Å². The Kier molecular flexibility index (Phi) is 3.71. The standard InChI is InChI=1S/C13H13F3N2O4/c1-21-12-5(14)2-6-10(8(12)15)18(4-17-6)13-9(16)11(20)7(3-19)22-13/h2,4,7,9,11,13,19-20H,3H2,1H3/t7-,9+,11-,13-/m1/s1. The minimum Gasteiger partial charge on any atom is -0.491 e. The van der Waals surface area contributed by atoms with E-state index >= 15 is 0 Å². The number of ether oxygens (including phenoxy) is 2. The molecule has 2 aromatic rings. The molecule has 1 fully saturated rings. The lowest BCUT2D eigenvalue weighted by Crippen LogP contribution is -2.30. The predicted octanol–water partition coefficient (Wildman–Crippen LogP) is 0.912. The van der Waals surface area contributed by atoms with E-state index in [1.54, 1.807) is 0 Å². The highest BCUT2D eigenvalue weighted by Crippen LogP contribution is 2.36. The molecule has 1 aromatic heterocycles. The second-order valence-electron chi connectivity index (χ2n) is 4.91. The smallest absolute Gasteiger partial charge is 0.194 e. The highest BCUT2D eigenvalue weighted by atomic mass is 19.1. The zero-order valence-electron chi connectivity index (χ0n) is 11.4. The molecule has 0 amide bonds. The number of halogens is 3. The van der Waals surface area contributed by atoms with Crippen LogP contribution in [0.5, 0.6) is 5.75 Å². The van der Waals surface area contributed by atoms with Gasteiger partial charge in [0.15, 0.2) is 29.8 Å². The quantitative estimate of drug-likeness (QED) is 0.880. The number of hydrogen-bond donors (Lipinski definition) is 2. The van der Waals surface area contributed by atoms with Crippen LogP contribution in [0.4, 0.5) is 13.2 Å². The van der Waals surface area contributed by atoms with Crippen molar-refractivity contribution >= 4 is 11.0 Å².